The van der Waals surface area contributed by atoms with Gasteiger partial charge in [-0.15, -0.1) is 15.3 Å². The predicted molar refractivity (Wildman–Crippen MR) is 105 cm³/mol. The first-order chi connectivity index (χ1) is 12.4. The molecule has 0 unspecified atom stereocenters. The molecule has 136 valence electrons. The highest BCUT2D eigenvalue weighted by atomic mass is 15.4. The van der Waals surface area contributed by atoms with Gasteiger partial charge >= 0.3 is 0 Å². The number of nitrogens with zero attached hydrogens (tertiary/aromatic N) is 6. The van der Waals surface area contributed by atoms with Crippen LogP contribution >= 0.6 is 0 Å². The molecule has 4 rings (SSSR count). The summed E-state index contributed by atoms with van der Waals surface area (Å²) in [4.78, 5) is 4.79. The lowest BCUT2D eigenvalue weighted by atomic mass is 9.96. The van der Waals surface area contributed by atoms with Gasteiger partial charge in [-0.1, -0.05) is 32.9 Å². The number of rotatable bonds is 2. The Morgan fingerprint density at radius 1 is 0.885 bits per heavy atom. The summed E-state index contributed by atoms with van der Waals surface area (Å²) in [5.41, 5.74) is 3.33. The summed E-state index contributed by atoms with van der Waals surface area (Å²) in [6, 6.07) is 12.8. The van der Waals surface area contributed by atoms with E-state index in [1.54, 1.807) is 0 Å². The van der Waals surface area contributed by atoms with Gasteiger partial charge in [-0.3, -0.25) is 0 Å². The van der Waals surface area contributed by atoms with E-state index in [9.17, 15) is 0 Å². The van der Waals surface area contributed by atoms with Gasteiger partial charge in [0, 0.05) is 37.3 Å². The monoisotopic (exact) mass is 350 g/mol. The van der Waals surface area contributed by atoms with Gasteiger partial charge in [-0.2, -0.15) is 4.52 Å². The first-order valence-electron chi connectivity index (χ1n) is 9.21. The van der Waals surface area contributed by atoms with Crippen LogP contribution in [0.2, 0.25) is 0 Å². The lowest BCUT2D eigenvalue weighted by Gasteiger charge is -2.36. The number of benzene rings is 1. The Morgan fingerprint density at radius 2 is 1.62 bits per heavy atom. The molecule has 3 aromatic rings. The molecule has 0 atom stereocenters. The zero-order valence-electron chi connectivity index (χ0n) is 16.0. The molecular weight excluding hydrogens is 324 g/mol. The molecule has 26 heavy (non-hydrogen) atoms. The second kappa shape index (κ2) is 6.27. The van der Waals surface area contributed by atoms with Crippen LogP contribution in [0.3, 0.4) is 0 Å². The van der Waals surface area contributed by atoms with Gasteiger partial charge in [0.2, 0.25) is 0 Å². The molecule has 6 heteroatoms. The Hall–Kier alpha value is -2.63. The van der Waals surface area contributed by atoms with Crippen LogP contribution in [0.1, 0.15) is 32.2 Å². The van der Waals surface area contributed by atoms with Crippen LogP contribution in [-0.2, 0) is 5.41 Å². The highest BCUT2D eigenvalue weighted by Crippen LogP contribution is 2.23. The molecule has 3 heterocycles. The Bertz CT molecular complexity index is 915. The quantitative estimate of drug-likeness (QED) is 0.711. The number of hydrogen-bond acceptors (Lipinski definition) is 5. The minimum Gasteiger partial charge on any atom is -0.368 e. The minimum atomic E-state index is -0.0884. The maximum Gasteiger partial charge on any atom is 0.178 e. The van der Waals surface area contributed by atoms with Gasteiger partial charge in [-0.05, 0) is 36.8 Å². The number of hydrogen-bond donors (Lipinski definition) is 0. The maximum atomic E-state index is 4.84. The average molecular weight is 350 g/mol. The van der Waals surface area contributed by atoms with Crippen molar-refractivity contribution in [1.29, 1.82) is 0 Å². The van der Waals surface area contributed by atoms with E-state index < -0.39 is 0 Å². The van der Waals surface area contributed by atoms with E-state index >= 15 is 0 Å². The van der Waals surface area contributed by atoms with Crippen LogP contribution in [0.25, 0.3) is 5.65 Å². The summed E-state index contributed by atoms with van der Waals surface area (Å²) in [5.74, 6) is 1.89. The average Bonchev–Trinajstić information content (AvgIpc) is 3.05. The van der Waals surface area contributed by atoms with E-state index in [0.29, 0.717) is 0 Å². The zero-order valence-corrected chi connectivity index (χ0v) is 16.0. The molecule has 1 aliphatic rings. The molecule has 0 amide bonds. The van der Waals surface area contributed by atoms with E-state index in [4.69, 9.17) is 5.10 Å². The smallest absolute Gasteiger partial charge is 0.178 e. The standard InChI is InChI=1S/C20H26N6/c1-15-6-5-7-16(14-15)24-10-12-25(13-11-24)18-9-8-17-21-22-19(20(2,3)4)26(17)23-18/h5-9,14H,10-13H2,1-4H3. The number of fused-ring (bicyclic) bond motifs is 1. The molecule has 0 spiro atoms. The predicted octanol–water partition coefficient (Wildman–Crippen LogP) is 3.06. The van der Waals surface area contributed by atoms with Gasteiger partial charge in [0.1, 0.15) is 5.82 Å². The Kier molecular flexibility index (Phi) is 4.05. The Balaban J connectivity index is 1.54. The number of aryl methyl sites for hydroxylation is 1. The molecule has 0 radical (unpaired) electrons. The third kappa shape index (κ3) is 3.11. The summed E-state index contributed by atoms with van der Waals surface area (Å²) >= 11 is 0. The second-order valence-electron chi connectivity index (χ2n) is 8.05. The van der Waals surface area contributed by atoms with E-state index in [1.165, 1.54) is 11.3 Å². The summed E-state index contributed by atoms with van der Waals surface area (Å²) in [5, 5.41) is 13.4. The van der Waals surface area contributed by atoms with Crippen LogP contribution in [0.15, 0.2) is 36.4 Å². The fourth-order valence-corrected chi connectivity index (χ4v) is 3.43. The van der Waals surface area contributed by atoms with Gasteiger partial charge in [0.05, 0.1) is 0 Å². The van der Waals surface area contributed by atoms with Crippen molar-refractivity contribution in [2.45, 2.75) is 33.1 Å². The van der Waals surface area contributed by atoms with Crippen LogP contribution < -0.4 is 9.80 Å². The summed E-state index contributed by atoms with van der Waals surface area (Å²) in [6.07, 6.45) is 0. The molecule has 2 aromatic heterocycles. The van der Waals surface area contributed by atoms with Crippen molar-refractivity contribution >= 4 is 17.2 Å². The molecule has 0 saturated carbocycles. The molecule has 1 aromatic carbocycles. The zero-order chi connectivity index (χ0) is 18.3. The fraction of sp³-hybridized carbons (Fsp3) is 0.450. The summed E-state index contributed by atoms with van der Waals surface area (Å²) in [7, 11) is 0. The molecule has 0 aliphatic carbocycles. The van der Waals surface area contributed by atoms with Gasteiger partial charge in [0.25, 0.3) is 0 Å². The normalized spacial score (nSPS) is 15.7. The van der Waals surface area contributed by atoms with E-state index in [1.807, 2.05) is 10.6 Å². The SMILES string of the molecule is Cc1cccc(N2CCN(c3ccc4nnc(C(C)(C)C)n4n3)CC2)c1. The Labute approximate surface area is 154 Å². The number of aromatic nitrogens is 4. The number of anilines is 2. The van der Waals surface area contributed by atoms with Crippen molar-refractivity contribution in [3.8, 4) is 0 Å². The van der Waals surface area contributed by atoms with Crippen molar-refractivity contribution in [2.75, 3.05) is 36.0 Å². The molecule has 0 bridgehead atoms. The van der Waals surface area contributed by atoms with Crippen molar-refractivity contribution in [3.63, 3.8) is 0 Å². The fourth-order valence-electron chi connectivity index (χ4n) is 3.43. The van der Waals surface area contributed by atoms with Crippen LogP contribution in [0.5, 0.6) is 0 Å². The topological polar surface area (TPSA) is 49.6 Å². The summed E-state index contributed by atoms with van der Waals surface area (Å²) in [6.45, 7) is 12.5. The first kappa shape index (κ1) is 16.8. The number of piperazine rings is 1. The highest BCUT2D eigenvalue weighted by molar-refractivity contribution is 5.52. The lowest BCUT2D eigenvalue weighted by molar-refractivity contribution is 0.525. The molecule has 0 N–H and O–H groups in total. The van der Waals surface area contributed by atoms with Gasteiger partial charge in [-0.25, -0.2) is 0 Å². The third-order valence-electron chi connectivity index (χ3n) is 4.89. The molecule has 6 nitrogen and oxygen atoms in total. The molecule has 1 saturated heterocycles. The van der Waals surface area contributed by atoms with Crippen molar-refractivity contribution < 1.29 is 0 Å². The lowest BCUT2D eigenvalue weighted by Crippen LogP contribution is -2.47. The van der Waals surface area contributed by atoms with Crippen molar-refractivity contribution in [3.05, 3.63) is 47.8 Å². The van der Waals surface area contributed by atoms with Gasteiger partial charge < -0.3 is 9.80 Å². The van der Waals surface area contributed by atoms with E-state index in [0.717, 1.165) is 43.5 Å². The van der Waals surface area contributed by atoms with Gasteiger partial charge in [0.15, 0.2) is 11.5 Å². The third-order valence-corrected chi connectivity index (χ3v) is 4.89. The minimum absolute atomic E-state index is 0.0884. The molecular formula is C20H26N6. The summed E-state index contributed by atoms with van der Waals surface area (Å²) < 4.78 is 1.89. The van der Waals surface area contributed by atoms with Crippen molar-refractivity contribution in [1.82, 2.24) is 19.8 Å². The molecule has 1 aliphatic heterocycles. The highest BCUT2D eigenvalue weighted by Gasteiger charge is 2.23. The van der Waals surface area contributed by atoms with E-state index in [2.05, 4.69) is 78.0 Å². The Morgan fingerprint density at radius 3 is 2.31 bits per heavy atom. The second-order valence-corrected chi connectivity index (χ2v) is 8.05. The maximum absolute atomic E-state index is 4.84. The van der Waals surface area contributed by atoms with Crippen LogP contribution in [-0.4, -0.2) is 46.0 Å². The van der Waals surface area contributed by atoms with Crippen LogP contribution in [0.4, 0.5) is 11.5 Å². The molecule has 1 fully saturated rings. The van der Waals surface area contributed by atoms with Crippen LogP contribution in [0, 0.1) is 6.92 Å². The largest absolute Gasteiger partial charge is 0.368 e. The van der Waals surface area contributed by atoms with E-state index in [-0.39, 0.29) is 5.41 Å². The van der Waals surface area contributed by atoms with Crippen molar-refractivity contribution in [2.24, 2.45) is 0 Å². The first-order valence-corrected chi connectivity index (χ1v) is 9.21.